The van der Waals surface area contributed by atoms with Crippen LogP contribution in [0.5, 0.6) is 0 Å². The number of carbonyl (C=O) groups is 2. The average Bonchev–Trinajstić information content (AvgIpc) is 2.55. The highest BCUT2D eigenvalue weighted by Gasteiger charge is 2.10. The van der Waals surface area contributed by atoms with Gasteiger partial charge < -0.3 is 10.6 Å². The van der Waals surface area contributed by atoms with Gasteiger partial charge in [0, 0.05) is 29.8 Å². The number of aromatic nitrogens is 1. The molecule has 5 nitrogen and oxygen atoms in total. The van der Waals surface area contributed by atoms with E-state index in [1.54, 1.807) is 12.1 Å². The third-order valence-electron chi connectivity index (χ3n) is 3.16. The lowest BCUT2D eigenvalue weighted by molar-refractivity contribution is -0.120. The van der Waals surface area contributed by atoms with E-state index in [0.29, 0.717) is 11.3 Å². The normalized spacial score (nSPS) is 10.2. The number of aryl methyl sites for hydroxylation is 1. The molecule has 0 saturated heterocycles. The second-order valence-corrected chi connectivity index (χ2v) is 5.71. The van der Waals surface area contributed by atoms with Crippen molar-refractivity contribution >= 4 is 33.4 Å². The summed E-state index contributed by atoms with van der Waals surface area (Å²) in [6.07, 6.45) is 1.96. The molecule has 120 valence electrons. The largest absolute Gasteiger partial charge is 0.359 e. The summed E-state index contributed by atoms with van der Waals surface area (Å²) in [6.45, 7) is 0. The van der Waals surface area contributed by atoms with Crippen molar-refractivity contribution in [1.29, 1.82) is 0 Å². The fourth-order valence-corrected chi connectivity index (χ4v) is 2.16. The first-order chi connectivity index (χ1) is 11.0. The molecule has 0 bridgehead atoms. The number of halogens is 2. The summed E-state index contributed by atoms with van der Waals surface area (Å²) in [5, 5.41) is 5.15. The minimum Gasteiger partial charge on any atom is -0.359 e. The number of pyridine rings is 1. The van der Waals surface area contributed by atoms with Crippen molar-refractivity contribution in [3.8, 4) is 0 Å². The predicted octanol–water partition coefficient (Wildman–Crippen LogP) is 2.91. The van der Waals surface area contributed by atoms with Crippen molar-refractivity contribution in [2.75, 3.05) is 12.4 Å². The molecule has 7 heteroatoms. The molecule has 2 N–H and O–H groups in total. The SMILES string of the molecule is CNC(=O)CCc1cc(NC(=O)c2ccc(Br)cn2)ccc1F. The van der Waals surface area contributed by atoms with Gasteiger partial charge in [-0.1, -0.05) is 0 Å². The van der Waals surface area contributed by atoms with Crippen molar-refractivity contribution in [3.05, 3.63) is 58.1 Å². The summed E-state index contributed by atoms with van der Waals surface area (Å²) in [7, 11) is 1.53. The summed E-state index contributed by atoms with van der Waals surface area (Å²) < 4.78 is 14.5. The summed E-state index contributed by atoms with van der Waals surface area (Å²) in [5.74, 6) is -0.965. The number of amides is 2. The minimum atomic E-state index is -0.409. The molecule has 0 aliphatic rings. The van der Waals surface area contributed by atoms with Crippen LogP contribution in [0.4, 0.5) is 10.1 Å². The summed E-state index contributed by atoms with van der Waals surface area (Å²) in [6, 6.07) is 7.55. The lowest BCUT2D eigenvalue weighted by atomic mass is 10.1. The maximum Gasteiger partial charge on any atom is 0.274 e. The fourth-order valence-electron chi connectivity index (χ4n) is 1.92. The Labute approximate surface area is 141 Å². The molecule has 0 radical (unpaired) electrons. The van der Waals surface area contributed by atoms with Crippen LogP contribution in [-0.4, -0.2) is 23.8 Å². The summed E-state index contributed by atoms with van der Waals surface area (Å²) in [4.78, 5) is 27.3. The van der Waals surface area contributed by atoms with Gasteiger partial charge in [0.05, 0.1) is 0 Å². The highest BCUT2D eigenvalue weighted by Crippen LogP contribution is 2.17. The van der Waals surface area contributed by atoms with Crippen LogP contribution < -0.4 is 10.6 Å². The van der Waals surface area contributed by atoms with Crippen LogP contribution in [0.3, 0.4) is 0 Å². The van der Waals surface area contributed by atoms with Crippen molar-refractivity contribution in [2.45, 2.75) is 12.8 Å². The lowest BCUT2D eigenvalue weighted by Gasteiger charge is -2.08. The van der Waals surface area contributed by atoms with Crippen LogP contribution in [-0.2, 0) is 11.2 Å². The van der Waals surface area contributed by atoms with Crippen molar-refractivity contribution in [3.63, 3.8) is 0 Å². The van der Waals surface area contributed by atoms with Crippen LogP contribution >= 0.6 is 15.9 Å². The van der Waals surface area contributed by atoms with Gasteiger partial charge >= 0.3 is 0 Å². The van der Waals surface area contributed by atoms with Crippen molar-refractivity contribution < 1.29 is 14.0 Å². The molecule has 0 atom stereocenters. The molecule has 2 rings (SSSR count). The molecule has 0 fully saturated rings. The van der Waals surface area contributed by atoms with E-state index in [1.165, 1.54) is 31.4 Å². The second-order valence-electron chi connectivity index (χ2n) is 4.80. The molecule has 1 aromatic carbocycles. The highest BCUT2D eigenvalue weighted by atomic mass is 79.9. The Balaban J connectivity index is 2.09. The molecule has 1 heterocycles. The lowest BCUT2D eigenvalue weighted by Crippen LogP contribution is -2.18. The molecule has 0 aliphatic carbocycles. The van der Waals surface area contributed by atoms with E-state index in [9.17, 15) is 14.0 Å². The Morgan fingerprint density at radius 1 is 1.26 bits per heavy atom. The van der Waals surface area contributed by atoms with Gasteiger partial charge in [-0.15, -0.1) is 0 Å². The molecule has 0 saturated carbocycles. The smallest absolute Gasteiger partial charge is 0.274 e. The maximum absolute atomic E-state index is 13.8. The number of nitrogens with one attached hydrogen (secondary N) is 2. The first kappa shape index (κ1) is 17.1. The minimum absolute atomic E-state index is 0.169. The number of anilines is 1. The zero-order valence-corrected chi connectivity index (χ0v) is 14.0. The molecular weight excluding hydrogens is 365 g/mol. The number of benzene rings is 1. The monoisotopic (exact) mass is 379 g/mol. The van der Waals surface area contributed by atoms with Gasteiger partial charge in [-0.25, -0.2) is 9.37 Å². The molecule has 0 spiro atoms. The van der Waals surface area contributed by atoms with Crippen LogP contribution in [0.1, 0.15) is 22.5 Å². The van der Waals surface area contributed by atoms with Gasteiger partial charge in [0.25, 0.3) is 5.91 Å². The van der Waals surface area contributed by atoms with E-state index in [2.05, 4.69) is 31.5 Å². The number of hydrogen-bond acceptors (Lipinski definition) is 3. The standard InChI is InChI=1S/C16H15BrFN3O2/c1-19-15(22)7-2-10-8-12(4-5-13(10)18)21-16(23)14-6-3-11(17)9-20-14/h3-6,8-9H,2,7H2,1H3,(H,19,22)(H,21,23). The van der Waals surface area contributed by atoms with Gasteiger partial charge in [-0.2, -0.15) is 0 Å². The predicted molar refractivity (Wildman–Crippen MR) is 88.7 cm³/mol. The third-order valence-corrected chi connectivity index (χ3v) is 3.63. The van der Waals surface area contributed by atoms with Crippen molar-refractivity contribution in [2.24, 2.45) is 0 Å². The molecule has 2 amide bonds. The molecule has 1 aromatic heterocycles. The summed E-state index contributed by atoms with van der Waals surface area (Å²) in [5.41, 5.74) is 1.08. The maximum atomic E-state index is 13.8. The molecule has 0 unspecified atom stereocenters. The van der Waals surface area contributed by atoms with E-state index in [-0.39, 0.29) is 30.3 Å². The zero-order valence-electron chi connectivity index (χ0n) is 12.4. The van der Waals surface area contributed by atoms with E-state index >= 15 is 0 Å². The number of rotatable bonds is 5. The average molecular weight is 380 g/mol. The quantitative estimate of drug-likeness (QED) is 0.838. The Morgan fingerprint density at radius 3 is 2.70 bits per heavy atom. The van der Waals surface area contributed by atoms with Crippen LogP contribution in [0.15, 0.2) is 41.0 Å². The van der Waals surface area contributed by atoms with Crippen LogP contribution in [0, 0.1) is 5.82 Å². The van der Waals surface area contributed by atoms with Crippen LogP contribution in [0.25, 0.3) is 0 Å². The Hall–Kier alpha value is -2.28. The Bertz CT molecular complexity index is 720. The molecule has 23 heavy (non-hydrogen) atoms. The second kappa shape index (κ2) is 7.82. The topological polar surface area (TPSA) is 71.1 Å². The van der Waals surface area contributed by atoms with Gasteiger partial charge in [0.1, 0.15) is 11.5 Å². The fraction of sp³-hybridized carbons (Fsp3) is 0.188. The first-order valence-corrected chi connectivity index (χ1v) is 7.71. The highest BCUT2D eigenvalue weighted by molar-refractivity contribution is 9.10. The Morgan fingerprint density at radius 2 is 2.04 bits per heavy atom. The van der Waals surface area contributed by atoms with Gasteiger partial charge in [0.2, 0.25) is 5.91 Å². The van der Waals surface area contributed by atoms with Gasteiger partial charge in [-0.05, 0) is 58.2 Å². The molecule has 2 aromatic rings. The van der Waals surface area contributed by atoms with Gasteiger partial charge in [-0.3, -0.25) is 9.59 Å². The number of hydrogen-bond donors (Lipinski definition) is 2. The first-order valence-electron chi connectivity index (χ1n) is 6.91. The summed E-state index contributed by atoms with van der Waals surface area (Å²) >= 11 is 3.25. The number of carbonyl (C=O) groups excluding carboxylic acids is 2. The molecular formula is C16H15BrFN3O2. The molecule has 0 aliphatic heterocycles. The van der Waals surface area contributed by atoms with E-state index in [1.807, 2.05) is 0 Å². The Kier molecular flexibility index (Phi) is 5.81. The van der Waals surface area contributed by atoms with Gasteiger partial charge in [0.15, 0.2) is 0 Å². The van der Waals surface area contributed by atoms with E-state index in [4.69, 9.17) is 0 Å². The van der Waals surface area contributed by atoms with E-state index in [0.717, 1.165) is 4.47 Å². The van der Waals surface area contributed by atoms with E-state index < -0.39 is 5.82 Å². The third kappa shape index (κ3) is 4.85. The number of nitrogens with zero attached hydrogens (tertiary/aromatic N) is 1. The zero-order chi connectivity index (χ0) is 16.8. The van der Waals surface area contributed by atoms with Crippen LogP contribution in [0.2, 0.25) is 0 Å². The van der Waals surface area contributed by atoms with Crippen molar-refractivity contribution in [1.82, 2.24) is 10.3 Å².